The Kier molecular flexibility index (Phi) is 3.38. The number of fused-ring (bicyclic) bond motifs is 1. The molecule has 0 aliphatic heterocycles. The molecule has 0 bridgehead atoms. The Bertz CT molecular complexity index is 748. The molecule has 1 aromatic carbocycles. The van der Waals surface area contributed by atoms with Crippen molar-refractivity contribution >= 4 is 27.2 Å². The number of benzene rings is 1. The van der Waals surface area contributed by atoms with Gasteiger partial charge in [0.2, 0.25) is 0 Å². The molecule has 0 spiro atoms. The monoisotopic (exact) mass is 284 g/mol. The van der Waals surface area contributed by atoms with Crippen molar-refractivity contribution in [3.05, 3.63) is 42.4 Å². The summed E-state index contributed by atoms with van der Waals surface area (Å²) in [6.45, 7) is 0.789. The van der Waals surface area contributed by atoms with Crippen LogP contribution in [0.5, 0.6) is 0 Å². The first-order chi connectivity index (χ1) is 9.63. The van der Waals surface area contributed by atoms with Gasteiger partial charge in [-0.25, -0.2) is 4.98 Å². The highest BCUT2D eigenvalue weighted by Crippen LogP contribution is 2.33. The van der Waals surface area contributed by atoms with Crippen molar-refractivity contribution in [2.24, 2.45) is 0 Å². The van der Waals surface area contributed by atoms with Crippen LogP contribution in [-0.4, -0.2) is 29.0 Å². The largest absolute Gasteiger partial charge is 0.375 e. The van der Waals surface area contributed by atoms with Gasteiger partial charge in [-0.15, -0.1) is 0 Å². The van der Waals surface area contributed by atoms with Gasteiger partial charge in [-0.1, -0.05) is 23.5 Å². The molecule has 0 aliphatic rings. The topological polar surface area (TPSA) is 55.0 Å². The van der Waals surface area contributed by atoms with Crippen LogP contribution in [0.15, 0.2) is 36.7 Å². The fourth-order valence-electron chi connectivity index (χ4n) is 2.23. The second-order valence-corrected chi connectivity index (χ2v) is 6.03. The van der Waals surface area contributed by atoms with E-state index in [9.17, 15) is 0 Å². The van der Waals surface area contributed by atoms with Gasteiger partial charge in [0, 0.05) is 24.3 Å². The molecule has 3 aromatic rings. The minimum atomic E-state index is 0.617. The van der Waals surface area contributed by atoms with Gasteiger partial charge in [0.05, 0.1) is 10.6 Å². The Hall–Kier alpha value is -1.98. The number of nitrogens with zero attached hydrogens (tertiary/aromatic N) is 3. The van der Waals surface area contributed by atoms with Crippen LogP contribution in [-0.2, 0) is 6.54 Å². The maximum absolute atomic E-state index is 5.88. The fourth-order valence-corrected chi connectivity index (χ4v) is 3.06. The van der Waals surface area contributed by atoms with E-state index in [1.54, 1.807) is 11.3 Å². The van der Waals surface area contributed by atoms with Crippen molar-refractivity contribution in [3.8, 4) is 10.4 Å². The predicted octanol–water partition coefficient (Wildman–Crippen LogP) is 3.00. The molecule has 0 aliphatic carbocycles. The maximum atomic E-state index is 5.88. The van der Waals surface area contributed by atoms with Crippen LogP contribution in [0.4, 0.5) is 5.13 Å². The lowest BCUT2D eigenvalue weighted by Gasteiger charge is -2.09. The van der Waals surface area contributed by atoms with Crippen molar-refractivity contribution in [2.45, 2.75) is 6.54 Å². The number of thiazole rings is 1. The van der Waals surface area contributed by atoms with Crippen LogP contribution in [0.2, 0.25) is 0 Å². The Labute approximate surface area is 121 Å². The van der Waals surface area contributed by atoms with Crippen molar-refractivity contribution in [2.75, 3.05) is 19.8 Å². The quantitative estimate of drug-likeness (QED) is 0.803. The molecule has 0 unspecified atom stereocenters. The zero-order chi connectivity index (χ0) is 14.1. The lowest BCUT2D eigenvalue weighted by molar-refractivity contribution is 0.398. The van der Waals surface area contributed by atoms with Crippen LogP contribution in [0.1, 0.15) is 5.69 Å². The lowest BCUT2D eigenvalue weighted by Crippen LogP contribution is -2.11. The summed E-state index contributed by atoms with van der Waals surface area (Å²) >= 11 is 1.54. The molecule has 2 heterocycles. The Balaban J connectivity index is 2.10. The Morgan fingerprint density at radius 2 is 2.05 bits per heavy atom. The average molecular weight is 284 g/mol. The molecule has 3 rings (SSSR count). The maximum Gasteiger partial charge on any atom is 0.180 e. The number of nitrogens with two attached hydrogens (primary N) is 1. The third kappa shape index (κ3) is 2.50. The van der Waals surface area contributed by atoms with Gasteiger partial charge in [0.25, 0.3) is 0 Å². The van der Waals surface area contributed by atoms with E-state index in [1.807, 2.05) is 32.6 Å². The molecule has 0 amide bonds. The predicted molar refractivity (Wildman–Crippen MR) is 84.7 cm³/mol. The molecular weight excluding hydrogens is 268 g/mol. The van der Waals surface area contributed by atoms with Gasteiger partial charge in [-0.05, 0) is 37.2 Å². The van der Waals surface area contributed by atoms with Crippen molar-refractivity contribution < 1.29 is 0 Å². The van der Waals surface area contributed by atoms with Crippen LogP contribution >= 0.6 is 11.3 Å². The average Bonchev–Trinajstić information content (AvgIpc) is 2.78. The van der Waals surface area contributed by atoms with Crippen molar-refractivity contribution in [1.29, 1.82) is 0 Å². The van der Waals surface area contributed by atoms with E-state index in [4.69, 9.17) is 5.73 Å². The first-order valence-electron chi connectivity index (χ1n) is 6.37. The summed E-state index contributed by atoms with van der Waals surface area (Å²) in [6.07, 6.45) is 3.69. The highest BCUT2D eigenvalue weighted by Gasteiger charge is 2.12. The van der Waals surface area contributed by atoms with Crippen LogP contribution < -0.4 is 5.73 Å². The third-order valence-electron chi connectivity index (χ3n) is 3.08. The molecule has 20 heavy (non-hydrogen) atoms. The summed E-state index contributed by atoms with van der Waals surface area (Å²) in [5.41, 5.74) is 8.08. The number of hydrogen-bond donors (Lipinski definition) is 1. The zero-order valence-corrected chi connectivity index (χ0v) is 12.3. The molecule has 0 saturated heterocycles. The normalized spacial score (nSPS) is 11.3. The third-order valence-corrected chi connectivity index (χ3v) is 4.06. The highest BCUT2D eigenvalue weighted by molar-refractivity contribution is 7.18. The summed E-state index contributed by atoms with van der Waals surface area (Å²) in [6, 6.07) is 8.39. The Morgan fingerprint density at radius 3 is 2.85 bits per heavy atom. The van der Waals surface area contributed by atoms with Crippen molar-refractivity contribution in [3.63, 3.8) is 0 Å². The molecule has 0 saturated carbocycles. The minimum Gasteiger partial charge on any atom is -0.375 e. The van der Waals surface area contributed by atoms with Crippen LogP contribution in [0.25, 0.3) is 21.2 Å². The van der Waals surface area contributed by atoms with E-state index in [2.05, 4.69) is 33.1 Å². The SMILES string of the molecule is CN(C)Cc1nc(N)sc1-c1ccc2cnccc2c1. The number of hydrogen-bond acceptors (Lipinski definition) is 5. The lowest BCUT2D eigenvalue weighted by atomic mass is 10.1. The number of pyridine rings is 1. The standard InChI is InChI=1S/C15H16N4S/c1-19(2)9-13-14(20-15(16)18-13)11-3-4-12-8-17-6-5-10(12)7-11/h3-8H,9H2,1-2H3,(H2,16,18). The van der Waals surface area contributed by atoms with Gasteiger partial charge < -0.3 is 10.6 Å². The van der Waals surface area contributed by atoms with Gasteiger partial charge in [0.1, 0.15) is 0 Å². The fraction of sp³-hybridized carbons (Fsp3) is 0.200. The molecule has 2 aromatic heterocycles. The van der Waals surface area contributed by atoms with Gasteiger partial charge >= 0.3 is 0 Å². The first-order valence-corrected chi connectivity index (χ1v) is 7.19. The van der Waals surface area contributed by atoms with Gasteiger partial charge in [-0.2, -0.15) is 0 Å². The van der Waals surface area contributed by atoms with Crippen LogP contribution in [0.3, 0.4) is 0 Å². The minimum absolute atomic E-state index is 0.617. The summed E-state index contributed by atoms with van der Waals surface area (Å²) in [4.78, 5) is 11.8. The summed E-state index contributed by atoms with van der Waals surface area (Å²) < 4.78 is 0. The summed E-state index contributed by atoms with van der Waals surface area (Å²) in [5, 5.41) is 2.94. The highest BCUT2D eigenvalue weighted by atomic mass is 32.1. The summed E-state index contributed by atoms with van der Waals surface area (Å²) in [5.74, 6) is 0. The van der Waals surface area contributed by atoms with E-state index in [0.717, 1.165) is 28.1 Å². The molecule has 0 radical (unpaired) electrons. The first kappa shape index (κ1) is 13.0. The zero-order valence-electron chi connectivity index (χ0n) is 11.5. The van der Waals surface area contributed by atoms with Crippen LogP contribution in [0, 0.1) is 0 Å². The molecule has 102 valence electrons. The second kappa shape index (κ2) is 5.19. The Morgan fingerprint density at radius 1 is 1.20 bits per heavy atom. The number of rotatable bonds is 3. The van der Waals surface area contributed by atoms with E-state index in [0.29, 0.717) is 5.13 Å². The van der Waals surface area contributed by atoms with Gasteiger partial charge in [0.15, 0.2) is 5.13 Å². The van der Waals surface area contributed by atoms with E-state index < -0.39 is 0 Å². The molecule has 0 fully saturated rings. The second-order valence-electron chi connectivity index (χ2n) is 5.00. The smallest absolute Gasteiger partial charge is 0.180 e. The molecule has 4 nitrogen and oxygen atoms in total. The van der Waals surface area contributed by atoms with Crippen molar-refractivity contribution in [1.82, 2.24) is 14.9 Å². The van der Waals surface area contributed by atoms with E-state index in [-0.39, 0.29) is 0 Å². The molecule has 2 N–H and O–H groups in total. The molecule has 5 heteroatoms. The summed E-state index contributed by atoms with van der Waals surface area (Å²) in [7, 11) is 4.07. The molecule has 0 atom stereocenters. The number of nitrogen functional groups attached to an aromatic ring is 1. The van der Waals surface area contributed by atoms with E-state index in [1.165, 1.54) is 5.39 Å². The number of aromatic nitrogens is 2. The van der Waals surface area contributed by atoms with E-state index >= 15 is 0 Å². The number of anilines is 1. The van der Waals surface area contributed by atoms with Gasteiger partial charge in [-0.3, -0.25) is 4.98 Å². The molecular formula is C15H16N4S.